The number of aryl methyl sites for hydroxylation is 1. The van der Waals surface area contributed by atoms with E-state index in [2.05, 4.69) is 10.5 Å². The number of ether oxygens (including phenoxy) is 1. The minimum atomic E-state index is -0.272. The third-order valence-electron chi connectivity index (χ3n) is 2.91. The number of carbonyl (C=O) groups excluding carboxylic acids is 1. The molecule has 1 aromatic rings. The molecule has 1 amide bonds. The Balaban J connectivity index is 1.94. The minimum Gasteiger partial charge on any atom is -0.376 e. The fraction of sp³-hybridized carbons (Fsp3) is 0.636. The van der Waals surface area contributed by atoms with Crippen LogP contribution in [-0.4, -0.2) is 35.9 Å². The van der Waals surface area contributed by atoms with Crippen LogP contribution in [0.4, 0.5) is 0 Å². The second-order valence-electron chi connectivity index (χ2n) is 4.22. The van der Waals surface area contributed by atoms with E-state index in [1.54, 1.807) is 13.0 Å². The zero-order chi connectivity index (χ0) is 12.4. The first kappa shape index (κ1) is 12.1. The van der Waals surface area contributed by atoms with Crippen molar-refractivity contribution in [1.82, 2.24) is 10.5 Å². The summed E-state index contributed by atoms with van der Waals surface area (Å²) >= 11 is 0. The molecule has 1 fully saturated rings. The normalized spacial score (nSPS) is 27.6. The molecule has 2 rings (SSSR count). The van der Waals surface area contributed by atoms with Crippen LogP contribution in [0.15, 0.2) is 10.6 Å². The molecule has 3 atom stereocenters. The van der Waals surface area contributed by atoms with Crippen molar-refractivity contribution < 1.29 is 14.1 Å². The van der Waals surface area contributed by atoms with Gasteiger partial charge < -0.3 is 20.3 Å². The molecule has 0 radical (unpaired) electrons. The van der Waals surface area contributed by atoms with E-state index in [4.69, 9.17) is 15.0 Å². The van der Waals surface area contributed by atoms with Gasteiger partial charge in [0.2, 0.25) is 0 Å². The second kappa shape index (κ2) is 4.85. The summed E-state index contributed by atoms with van der Waals surface area (Å²) in [6.07, 6.45) is 0.781. The van der Waals surface area contributed by atoms with Gasteiger partial charge in [-0.1, -0.05) is 5.16 Å². The van der Waals surface area contributed by atoms with Crippen molar-refractivity contribution in [2.24, 2.45) is 5.73 Å². The molecular formula is C11H17N3O3. The quantitative estimate of drug-likeness (QED) is 0.784. The first-order chi connectivity index (χ1) is 8.11. The number of carbonyl (C=O) groups is 1. The first-order valence-electron chi connectivity index (χ1n) is 5.73. The van der Waals surface area contributed by atoms with Crippen LogP contribution in [0.5, 0.6) is 0 Å². The number of rotatable bonds is 4. The molecule has 94 valence electrons. The zero-order valence-corrected chi connectivity index (χ0v) is 9.97. The Bertz CT molecular complexity index is 402. The predicted molar refractivity (Wildman–Crippen MR) is 60.5 cm³/mol. The summed E-state index contributed by atoms with van der Waals surface area (Å²) in [7, 11) is 0. The van der Waals surface area contributed by atoms with Gasteiger partial charge in [-0.15, -0.1) is 0 Å². The van der Waals surface area contributed by atoms with Crippen LogP contribution in [0.1, 0.15) is 29.6 Å². The Morgan fingerprint density at radius 3 is 3.06 bits per heavy atom. The van der Waals surface area contributed by atoms with Crippen molar-refractivity contribution >= 4 is 5.91 Å². The Morgan fingerprint density at radius 1 is 1.76 bits per heavy atom. The second-order valence-corrected chi connectivity index (χ2v) is 4.22. The molecule has 6 nitrogen and oxygen atoms in total. The lowest BCUT2D eigenvalue weighted by Crippen LogP contribution is -2.64. The summed E-state index contributed by atoms with van der Waals surface area (Å²) in [6, 6.07) is 1.40. The molecule has 3 N–H and O–H groups in total. The fourth-order valence-electron chi connectivity index (χ4n) is 1.93. The van der Waals surface area contributed by atoms with Gasteiger partial charge in [-0.25, -0.2) is 0 Å². The molecular weight excluding hydrogens is 222 g/mol. The summed E-state index contributed by atoms with van der Waals surface area (Å²) in [6.45, 7) is 4.28. The highest BCUT2D eigenvalue weighted by atomic mass is 16.5. The number of aromatic nitrogens is 1. The van der Waals surface area contributed by atoms with E-state index < -0.39 is 0 Å². The highest BCUT2D eigenvalue weighted by molar-refractivity contribution is 5.92. The lowest BCUT2D eigenvalue weighted by atomic mass is 9.83. The van der Waals surface area contributed by atoms with Crippen molar-refractivity contribution in [2.45, 2.75) is 38.5 Å². The van der Waals surface area contributed by atoms with E-state index in [0.29, 0.717) is 12.4 Å². The number of hydrogen-bond donors (Lipinski definition) is 2. The summed E-state index contributed by atoms with van der Waals surface area (Å²) in [5, 5.41) is 6.47. The summed E-state index contributed by atoms with van der Waals surface area (Å²) in [5.74, 6) is 0.334. The van der Waals surface area contributed by atoms with E-state index in [1.807, 2.05) is 6.92 Å². The molecule has 1 saturated carbocycles. The highest BCUT2D eigenvalue weighted by Crippen LogP contribution is 2.22. The van der Waals surface area contributed by atoms with Gasteiger partial charge in [0.15, 0.2) is 5.69 Å². The van der Waals surface area contributed by atoms with Crippen LogP contribution in [0.2, 0.25) is 0 Å². The molecule has 1 heterocycles. The Kier molecular flexibility index (Phi) is 3.44. The van der Waals surface area contributed by atoms with Gasteiger partial charge in [0.1, 0.15) is 5.76 Å². The lowest BCUT2D eigenvalue weighted by Gasteiger charge is -2.42. The molecule has 17 heavy (non-hydrogen) atoms. The third-order valence-corrected chi connectivity index (χ3v) is 2.91. The predicted octanol–water partition coefficient (Wildman–Crippen LogP) is 0.218. The van der Waals surface area contributed by atoms with Crippen LogP contribution < -0.4 is 11.1 Å². The number of nitrogens with one attached hydrogen (secondary N) is 1. The maximum atomic E-state index is 11.8. The summed E-state index contributed by atoms with van der Waals surface area (Å²) in [4.78, 5) is 11.8. The molecule has 0 spiro atoms. The zero-order valence-electron chi connectivity index (χ0n) is 9.97. The molecule has 6 heteroatoms. The number of hydrogen-bond acceptors (Lipinski definition) is 5. The molecule has 0 saturated heterocycles. The van der Waals surface area contributed by atoms with E-state index in [9.17, 15) is 4.79 Å². The van der Waals surface area contributed by atoms with Gasteiger partial charge in [0.25, 0.3) is 5.91 Å². The van der Waals surface area contributed by atoms with Gasteiger partial charge in [-0.2, -0.15) is 0 Å². The molecule has 1 aliphatic rings. The van der Waals surface area contributed by atoms with E-state index >= 15 is 0 Å². The van der Waals surface area contributed by atoms with Crippen LogP contribution in [0, 0.1) is 6.92 Å². The van der Waals surface area contributed by atoms with Gasteiger partial charge >= 0.3 is 0 Å². The summed E-state index contributed by atoms with van der Waals surface area (Å²) < 4.78 is 10.3. The molecule has 0 aliphatic heterocycles. The Morgan fingerprint density at radius 2 is 2.53 bits per heavy atom. The molecule has 0 bridgehead atoms. The van der Waals surface area contributed by atoms with Crippen molar-refractivity contribution in [1.29, 1.82) is 0 Å². The standard InChI is InChI=1S/C11H17N3O3/c1-3-16-9-5-7(12)10(9)13-11(15)8-4-6(2)17-14-8/h4,7,9-10H,3,5,12H2,1-2H3,(H,13,15). The average Bonchev–Trinajstić information content (AvgIpc) is 2.72. The maximum absolute atomic E-state index is 11.8. The molecule has 3 unspecified atom stereocenters. The smallest absolute Gasteiger partial charge is 0.273 e. The van der Waals surface area contributed by atoms with Crippen molar-refractivity contribution in [3.63, 3.8) is 0 Å². The lowest BCUT2D eigenvalue weighted by molar-refractivity contribution is -0.0301. The van der Waals surface area contributed by atoms with Crippen LogP contribution in [0.3, 0.4) is 0 Å². The third kappa shape index (κ3) is 2.48. The SMILES string of the molecule is CCOC1CC(N)C1NC(=O)c1cc(C)on1. The number of nitrogens with zero attached hydrogens (tertiary/aromatic N) is 1. The maximum Gasteiger partial charge on any atom is 0.273 e. The van der Waals surface area contributed by atoms with Crippen LogP contribution in [-0.2, 0) is 4.74 Å². The van der Waals surface area contributed by atoms with E-state index in [1.165, 1.54) is 0 Å². The fourth-order valence-corrected chi connectivity index (χ4v) is 1.93. The van der Waals surface area contributed by atoms with Crippen molar-refractivity contribution in [3.05, 3.63) is 17.5 Å². The molecule has 1 aliphatic carbocycles. The largest absolute Gasteiger partial charge is 0.376 e. The van der Waals surface area contributed by atoms with Gasteiger partial charge in [-0.05, 0) is 20.3 Å². The minimum absolute atomic E-state index is 0.00643. The molecule has 0 aromatic carbocycles. The average molecular weight is 239 g/mol. The topological polar surface area (TPSA) is 90.4 Å². The Hall–Kier alpha value is -1.40. The van der Waals surface area contributed by atoms with Crippen molar-refractivity contribution in [2.75, 3.05) is 6.61 Å². The van der Waals surface area contributed by atoms with E-state index in [0.717, 1.165) is 6.42 Å². The van der Waals surface area contributed by atoms with Crippen LogP contribution >= 0.6 is 0 Å². The van der Waals surface area contributed by atoms with Crippen LogP contribution in [0.25, 0.3) is 0 Å². The van der Waals surface area contributed by atoms with Gasteiger partial charge in [-0.3, -0.25) is 4.79 Å². The van der Waals surface area contributed by atoms with Crippen molar-refractivity contribution in [3.8, 4) is 0 Å². The van der Waals surface area contributed by atoms with E-state index in [-0.39, 0.29) is 29.8 Å². The number of amides is 1. The van der Waals surface area contributed by atoms with Gasteiger partial charge in [0, 0.05) is 18.7 Å². The summed E-state index contributed by atoms with van der Waals surface area (Å²) in [5.41, 5.74) is 6.11. The Labute approximate surface area is 99.5 Å². The molecule has 1 aromatic heterocycles. The number of nitrogens with two attached hydrogens (primary N) is 1. The van der Waals surface area contributed by atoms with Gasteiger partial charge in [0.05, 0.1) is 12.1 Å². The monoisotopic (exact) mass is 239 g/mol. The first-order valence-corrected chi connectivity index (χ1v) is 5.73. The highest BCUT2D eigenvalue weighted by Gasteiger charge is 2.40.